The van der Waals surface area contributed by atoms with Crippen LogP contribution in [0.1, 0.15) is 6.92 Å². The Balaban J connectivity index is 2.59. The van der Waals surface area contributed by atoms with Gasteiger partial charge in [0.25, 0.3) is 5.69 Å². The maximum absolute atomic E-state index is 11.4. The highest BCUT2D eigenvalue weighted by Crippen LogP contribution is 2.25. The van der Waals surface area contributed by atoms with E-state index in [9.17, 15) is 14.9 Å². The SMILES string of the molecule is C[C@H](Sc1ccc([N+](=O)[O-])cc1)C(=O)OCC#N. The molecular weight excluding hydrogens is 256 g/mol. The van der Waals surface area contributed by atoms with Crippen molar-refractivity contribution in [3.05, 3.63) is 34.4 Å². The molecule has 94 valence electrons. The van der Waals surface area contributed by atoms with Gasteiger partial charge in [-0.05, 0) is 19.1 Å². The summed E-state index contributed by atoms with van der Waals surface area (Å²) in [5, 5.41) is 18.3. The van der Waals surface area contributed by atoms with Crippen molar-refractivity contribution in [1.82, 2.24) is 0 Å². The number of nitro groups is 1. The number of esters is 1. The molecule has 0 spiro atoms. The van der Waals surface area contributed by atoms with Crippen LogP contribution in [0.3, 0.4) is 0 Å². The Bertz CT molecular complexity index is 481. The van der Waals surface area contributed by atoms with Gasteiger partial charge in [0.15, 0.2) is 6.61 Å². The molecule has 0 fully saturated rings. The summed E-state index contributed by atoms with van der Waals surface area (Å²) in [4.78, 5) is 22.1. The summed E-state index contributed by atoms with van der Waals surface area (Å²) in [6.07, 6.45) is 0. The minimum atomic E-state index is -0.487. The number of nitriles is 1. The molecule has 6 nitrogen and oxygen atoms in total. The monoisotopic (exact) mass is 266 g/mol. The number of hydrogen-bond acceptors (Lipinski definition) is 6. The molecule has 0 unspecified atom stereocenters. The molecule has 1 aromatic rings. The number of nitro benzene ring substituents is 1. The first-order valence-corrected chi connectivity index (χ1v) is 5.87. The summed E-state index contributed by atoms with van der Waals surface area (Å²) < 4.78 is 4.66. The Hall–Kier alpha value is -2.07. The van der Waals surface area contributed by atoms with E-state index >= 15 is 0 Å². The van der Waals surface area contributed by atoms with Gasteiger partial charge in [0.05, 0.1) is 4.92 Å². The third-order valence-corrected chi connectivity index (χ3v) is 3.06. The van der Waals surface area contributed by atoms with Crippen LogP contribution in [0.4, 0.5) is 5.69 Å². The smallest absolute Gasteiger partial charge is 0.320 e. The molecule has 0 aromatic heterocycles. The van der Waals surface area contributed by atoms with Gasteiger partial charge >= 0.3 is 5.97 Å². The molecule has 0 heterocycles. The Morgan fingerprint density at radius 2 is 2.17 bits per heavy atom. The lowest BCUT2D eigenvalue weighted by molar-refractivity contribution is -0.384. The van der Waals surface area contributed by atoms with E-state index in [1.165, 1.54) is 23.9 Å². The summed E-state index contributed by atoms with van der Waals surface area (Å²) in [6, 6.07) is 7.58. The second-order valence-electron chi connectivity index (χ2n) is 3.28. The van der Waals surface area contributed by atoms with Crippen molar-refractivity contribution in [3.63, 3.8) is 0 Å². The number of hydrogen-bond donors (Lipinski definition) is 0. The van der Waals surface area contributed by atoms with E-state index in [0.29, 0.717) is 0 Å². The lowest BCUT2D eigenvalue weighted by Gasteiger charge is -2.08. The first kappa shape index (κ1) is 14.0. The van der Waals surface area contributed by atoms with Crippen LogP contribution in [0.2, 0.25) is 0 Å². The van der Waals surface area contributed by atoms with E-state index in [2.05, 4.69) is 4.74 Å². The van der Waals surface area contributed by atoms with E-state index < -0.39 is 16.1 Å². The van der Waals surface area contributed by atoms with Crippen molar-refractivity contribution >= 4 is 23.4 Å². The zero-order valence-corrected chi connectivity index (χ0v) is 10.3. The van der Waals surface area contributed by atoms with Gasteiger partial charge < -0.3 is 4.74 Å². The maximum Gasteiger partial charge on any atom is 0.320 e. The lowest BCUT2D eigenvalue weighted by Crippen LogP contribution is -2.16. The fourth-order valence-corrected chi connectivity index (χ4v) is 1.99. The minimum absolute atomic E-state index is 0.000870. The third kappa shape index (κ3) is 4.07. The van der Waals surface area contributed by atoms with Crippen LogP contribution in [-0.2, 0) is 9.53 Å². The van der Waals surface area contributed by atoms with Crippen molar-refractivity contribution in [2.24, 2.45) is 0 Å². The number of nitrogens with zero attached hydrogens (tertiary/aromatic N) is 2. The van der Waals surface area contributed by atoms with Gasteiger partial charge in [-0.3, -0.25) is 14.9 Å². The van der Waals surface area contributed by atoms with Crippen molar-refractivity contribution in [2.75, 3.05) is 6.61 Å². The normalized spacial score (nSPS) is 11.3. The van der Waals surface area contributed by atoms with Crippen molar-refractivity contribution in [1.29, 1.82) is 5.26 Å². The zero-order valence-electron chi connectivity index (χ0n) is 9.53. The molecule has 0 bridgehead atoms. The quantitative estimate of drug-likeness (QED) is 0.351. The van der Waals surface area contributed by atoms with Crippen molar-refractivity contribution in [3.8, 4) is 6.07 Å². The molecule has 0 radical (unpaired) electrons. The van der Waals surface area contributed by atoms with E-state index in [1.807, 2.05) is 0 Å². The average Bonchev–Trinajstić information content (AvgIpc) is 2.36. The second kappa shape index (κ2) is 6.61. The van der Waals surface area contributed by atoms with E-state index in [-0.39, 0.29) is 12.3 Å². The summed E-state index contributed by atoms with van der Waals surface area (Å²) in [5.74, 6) is -0.486. The van der Waals surface area contributed by atoms with Crippen LogP contribution >= 0.6 is 11.8 Å². The average molecular weight is 266 g/mol. The van der Waals surface area contributed by atoms with Crippen molar-refractivity contribution in [2.45, 2.75) is 17.1 Å². The lowest BCUT2D eigenvalue weighted by atomic mass is 10.3. The van der Waals surface area contributed by atoms with Gasteiger partial charge in [-0.15, -0.1) is 11.8 Å². The Kier molecular flexibility index (Phi) is 5.14. The number of carbonyl (C=O) groups excluding carboxylic acids is 1. The molecule has 0 aliphatic rings. The zero-order chi connectivity index (χ0) is 13.5. The van der Waals surface area contributed by atoms with Crippen molar-refractivity contribution < 1.29 is 14.5 Å². The van der Waals surface area contributed by atoms with Crippen LogP contribution in [0, 0.1) is 21.4 Å². The van der Waals surface area contributed by atoms with E-state index in [4.69, 9.17) is 5.26 Å². The minimum Gasteiger partial charge on any atom is -0.449 e. The maximum atomic E-state index is 11.4. The van der Waals surface area contributed by atoms with Gasteiger partial charge in [0.2, 0.25) is 0 Å². The number of rotatable bonds is 5. The van der Waals surface area contributed by atoms with Crippen LogP contribution in [0.5, 0.6) is 0 Å². The van der Waals surface area contributed by atoms with E-state index in [0.717, 1.165) is 4.90 Å². The molecule has 1 rings (SSSR count). The molecule has 0 amide bonds. The number of thioether (sulfide) groups is 1. The highest BCUT2D eigenvalue weighted by atomic mass is 32.2. The third-order valence-electron chi connectivity index (χ3n) is 1.97. The van der Waals surface area contributed by atoms with Crippen LogP contribution < -0.4 is 0 Å². The fourth-order valence-electron chi connectivity index (χ4n) is 1.12. The standard InChI is InChI=1S/C11H10N2O4S/c1-8(11(14)17-7-6-12)18-10-4-2-9(3-5-10)13(15)16/h2-5,8H,7H2,1H3/t8-/m0/s1. The first-order chi connectivity index (χ1) is 8.54. The molecule has 18 heavy (non-hydrogen) atoms. The van der Waals surface area contributed by atoms with Gasteiger partial charge in [-0.2, -0.15) is 5.26 Å². The number of benzene rings is 1. The first-order valence-electron chi connectivity index (χ1n) is 4.99. The van der Waals surface area contributed by atoms with Gasteiger partial charge in [-0.25, -0.2) is 0 Å². The van der Waals surface area contributed by atoms with Crippen LogP contribution in [0.25, 0.3) is 0 Å². The molecule has 1 atom stereocenters. The summed E-state index contributed by atoms with van der Waals surface area (Å²) >= 11 is 1.22. The number of ether oxygens (including phenoxy) is 1. The predicted octanol–water partition coefficient (Wildman–Crippen LogP) is 2.14. The largest absolute Gasteiger partial charge is 0.449 e. The summed E-state index contributed by atoms with van der Waals surface area (Å²) in [7, 11) is 0. The summed E-state index contributed by atoms with van der Waals surface area (Å²) in [6.45, 7) is 1.37. The molecule has 0 saturated heterocycles. The highest BCUT2D eigenvalue weighted by molar-refractivity contribution is 8.00. The molecule has 0 saturated carbocycles. The molecular formula is C11H10N2O4S. The Morgan fingerprint density at radius 3 is 2.67 bits per heavy atom. The Labute approximate surface area is 108 Å². The van der Waals surface area contributed by atoms with Gasteiger partial charge in [0.1, 0.15) is 11.3 Å². The summed E-state index contributed by atoms with van der Waals surface area (Å²) in [5.41, 5.74) is -0.000870. The van der Waals surface area contributed by atoms with Crippen LogP contribution in [-0.4, -0.2) is 22.7 Å². The molecule has 0 N–H and O–H groups in total. The highest BCUT2D eigenvalue weighted by Gasteiger charge is 2.16. The Morgan fingerprint density at radius 1 is 1.56 bits per heavy atom. The molecule has 7 heteroatoms. The molecule has 0 aliphatic heterocycles. The van der Waals surface area contributed by atoms with Gasteiger partial charge in [0, 0.05) is 17.0 Å². The number of non-ortho nitro benzene ring substituents is 1. The van der Waals surface area contributed by atoms with Gasteiger partial charge in [-0.1, -0.05) is 0 Å². The second-order valence-corrected chi connectivity index (χ2v) is 4.69. The predicted molar refractivity (Wildman–Crippen MR) is 65.0 cm³/mol. The van der Waals surface area contributed by atoms with E-state index in [1.54, 1.807) is 25.1 Å². The number of carbonyl (C=O) groups is 1. The fraction of sp³-hybridized carbons (Fsp3) is 0.273. The molecule has 1 aromatic carbocycles. The topological polar surface area (TPSA) is 93.2 Å². The van der Waals surface area contributed by atoms with Crippen LogP contribution in [0.15, 0.2) is 29.2 Å². The molecule has 0 aliphatic carbocycles.